The van der Waals surface area contributed by atoms with Gasteiger partial charge in [-0.3, -0.25) is 14.4 Å². The van der Waals surface area contributed by atoms with Gasteiger partial charge in [0.1, 0.15) is 5.69 Å². The van der Waals surface area contributed by atoms with Gasteiger partial charge < -0.3 is 25.7 Å². The average Bonchev–Trinajstić information content (AvgIpc) is 3.23. The first kappa shape index (κ1) is 19.4. The van der Waals surface area contributed by atoms with Crippen LogP contribution in [0.2, 0.25) is 0 Å². The highest BCUT2D eigenvalue weighted by Gasteiger charge is 2.14. The van der Waals surface area contributed by atoms with Crippen molar-refractivity contribution in [2.45, 2.75) is 6.42 Å². The van der Waals surface area contributed by atoms with Crippen molar-refractivity contribution in [3.63, 3.8) is 0 Å². The van der Waals surface area contributed by atoms with E-state index < -0.39 is 0 Å². The van der Waals surface area contributed by atoms with Crippen LogP contribution in [0.3, 0.4) is 0 Å². The van der Waals surface area contributed by atoms with Gasteiger partial charge in [0.15, 0.2) is 0 Å². The molecule has 2 aromatic heterocycles. The van der Waals surface area contributed by atoms with E-state index in [1.54, 1.807) is 42.1 Å². The number of ether oxygens (including phenoxy) is 1. The van der Waals surface area contributed by atoms with Crippen LogP contribution in [-0.4, -0.2) is 36.0 Å². The number of nitrogens with zero attached hydrogens (tertiary/aromatic N) is 1. The van der Waals surface area contributed by atoms with E-state index in [-0.39, 0.29) is 30.7 Å². The topological polar surface area (TPSA) is 115 Å². The van der Waals surface area contributed by atoms with Crippen molar-refractivity contribution in [1.29, 1.82) is 0 Å². The summed E-state index contributed by atoms with van der Waals surface area (Å²) in [4.78, 5) is 36.3. The fourth-order valence-corrected chi connectivity index (χ4v) is 3.67. The van der Waals surface area contributed by atoms with Crippen LogP contribution in [0, 0.1) is 0 Å². The maximum Gasteiger partial charge on any atom is 0.307 e. The number of hydrogen-bond donors (Lipinski definition) is 3. The number of carbonyl (C=O) groups is 3. The molecule has 9 heteroatoms. The van der Waals surface area contributed by atoms with Crippen molar-refractivity contribution in [2.24, 2.45) is 7.05 Å². The van der Waals surface area contributed by atoms with Crippen molar-refractivity contribution in [1.82, 2.24) is 9.88 Å². The fourth-order valence-electron chi connectivity index (χ4n) is 2.71. The quantitative estimate of drug-likeness (QED) is 0.550. The van der Waals surface area contributed by atoms with Gasteiger partial charge in [-0.2, -0.15) is 0 Å². The summed E-state index contributed by atoms with van der Waals surface area (Å²) in [5.74, 6) is -0.901. The Labute approximate surface area is 165 Å². The number of aromatic nitrogens is 1. The summed E-state index contributed by atoms with van der Waals surface area (Å²) < 4.78 is 7.11. The number of nitrogen functional groups attached to an aromatic ring is 1. The van der Waals surface area contributed by atoms with Gasteiger partial charge >= 0.3 is 5.97 Å². The van der Waals surface area contributed by atoms with Gasteiger partial charge in [-0.15, -0.1) is 11.3 Å². The van der Waals surface area contributed by atoms with Crippen LogP contribution in [0.4, 0.5) is 11.4 Å². The monoisotopic (exact) mass is 400 g/mol. The smallest absolute Gasteiger partial charge is 0.307 e. The third kappa shape index (κ3) is 4.32. The Morgan fingerprint density at radius 2 is 1.96 bits per heavy atom. The van der Waals surface area contributed by atoms with Gasteiger partial charge in [0, 0.05) is 30.2 Å². The van der Waals surface area contributed by atoms with Crippen LogP contribution in [-0.2, 0) is 16.6 Å². The third-order valence-corrected chi connectivity index (χ3v) is 5.21. The van der Waals surface area contributed by atoms with Crippen LogP contribution in [0.1, 0.15) is 26.6 Å². The lowest BCUT2D eigenvalue weighted by atomic mass is 10.2. The van der Waals surface area contributed by atoms with Gasteiger partial charge in [0.05, 0.1) is 24.1 Å². The average molecular weight is 400 g/mol. The molecule has 0 aliphatic heterocycles. The van der Waals surface area contributed by atoms with Crippen molar-refractivity contribution < 1.29 is 19.1 Å². The number of methoxy groups -OCH3 is 1. The van der Waals surface area contributed by atoms with E-state index in [1.165, 1.54) is 18.4 Å². The molecule has 0 saturated heterocycles. The molecule has 4 N–H and O–H groups in total. The molecule has 0 aliphatic rings. The predicted octanol–water partition coefficient (Wildman–Crippen LogP) is 2.37. The maximum absolute atomic E-state index is 12.4. The zero-order valence-electron chi connectivity index (χ0n) is 15.4. The van der Waals surface area contributed by atoms with Crippen molar-refractivity contribution in [2.75, 3.05) is 24.7 Å². The van der Waals surface area contributed by atoms with Crippen molar-refractivity contribution in [3.05, 3.63) is 47.1 Å². The highest BCUT2D eigenvalue weighted by Crippen LogP contribution is 2.28. The highest BCUT2D eigenvalue weighted by molar-refractivity contribution is 7.20. The minimum atomic E-state index is -0.378. The van der Waals surface area contributed by atoms with Crippen molar-refractivity contribution >= 4 is 50.6 Å². The first-order valence-corrected chi connectivity index (χ1v) is 9.31. The Balaban J connectivity index is 1.70. The number of amides is 2. The number of nitrogens with two attached hydrogens (primary N) is 1. The van der Waals surface area contributed by atoms with Crippen LogP contribution >= 0.6 is 11.3 Å². The number of carbonyl (C=O) groups excluding carboxylic acids is 3. The number of hydrogen-bond acceptors (Lipinski definition) is 6. The van der Waals surface area contributed by atoms with Crippen LogP contribution in [0.25, 0.3) is 10.1 Å². The first-order valence-electron chi connectivity index (χ1n) is 8.49. The van der Waals surface area contributed by atoms with E-state index >= 15 is 0 Å². The number of anilines is 2. The van der Waals surface area contributed by atoms with Gasteiger partial charge in [0.2, 0.25) is 0 Å². The standard InChI is InChI=1S/C19H20N4O4S/c1-23-10-12(20)9-14(23)18(25)22-13-3-4-15-11(7-13)8-16(28-15)19(26)21-6-5-17(24)27-2/h3-4,7-10H,5-6,20H2,1-2H3,(H,21,26)(H,22,25). The lowest BCUT2D eigenvalue weighted by molar-refractivity contribution is -0.140. The van der Waals surface area contributed by atoms with E-state index in [9.17, 15) is 14.4 Å². The second-order valence-electron chi connectivity index (χ2n) is 6.17. The van der Waals surface area contributed by atoms with E-state index in [0.717, 1.165) is 10.1 Å². The summed E-state index contributed by atoms with van der Waals surface area (Å²) in [6, 6.07) is 8.79. The summed E-state index contributed by atoms with van der Waals surface area (Å²) in [7, 11) is 3.05. The number of esters is 1. The molecule has 1 aromatic carbocycles. The molecular weight excluding hydrogens is 380 g/mol. The number of nitrogens with one attached hydrogen (secondary N) is 2. The third-order valence-electron chi connectivity index (χ3n) is 4.10. The zero-order valence-corrected chi connectivity index (χ0v) is 16.3. The number of rotatable bonds is 6. The Kier molecular flexibility index (Phi) is 5.65. The second kappa shape index (κ2) is 8.13. The SMILES string of the molecule is COC(=O)CCNC(=O)c1cc2cc(NC(=O)c3cc(N)cn3C)ccc2s1. The molecule has 0 spiro atoms. The Morgan fingerprint density at radius 3 is 2.64 bits per heavy atom. The summed E-state index contributed by atoms with van der Waals surface area (Å²) in [6.45, 7) is 0.209. The van der Waals surface area contributed by atoms with Gasteiger partial charge in [0.25, 0.3) is 11.8 Å². The molecule has 2 heterocycles. The minimum Gasteiger partial charge on any atom is -0.469 e. The van der Waals surface area contributed by atoms with Gasteiger partial charge in [-0.05, 0) is 35.7 Å². The van der Waals surface area contributed by atoms with Crippen molar-refractivity contribution in [3.8, 4) is 0 Å². The largest absolute Gasteiger partial charge is 0.469 e. The summed E-state index contributed by atoms with van der Waals surface area (Å²) in [5.41, 5.74) is 7.30. The molecule has 28 heavy (non-hydrogen) atoms. The molecular formula is C19H20N4O4S. The van der Waals surface area contributed by atoms with Gasteiger partial charge in [-0.25, -0.2) is 0 Å². The first-order chi connectivity index (χ1) is 13.4. The summed E-state index contributed by atoms with van der Waals surface area (Å²) >= 11 is 1.34. The van der Waals surface area contributed by atoms with Crippen LogP contribution in [0.5, 0.6) is 0 Å². The predicted molar refractivity (Wildman–Crippen MR) is 109 cm³/mol. The summed E-state index contributed by atoms with van der Waals surface area (Å²) in [5, 5.41) is 6.36. The molecule has 3 aromatic rings. The molecule has 146 valence electrons. The van der Waals surface area contributed by atoms with E-state index in [4.69, 9.17) is 5.73 Å². The number of aryl methyl sites for hydroxylation is 1. The minimum absolute atomic E-state index is 0.118. The molecule has 3 rings (SSSR count). The van der Waals surface area contributed by atoms with E-state index in [2.05, 4.69) is 15.4 Å². The zero-order chi connectivity index (χ0) is 20.3. The molecule has 0 atom stereocenters. The highest BCUT2D eigenvalue weighted by atomic mass is 32.1. The molecule has 2 amide bonds. The molecule has 0 unspecified atom stereocenters. The Bertz CT molecular complexity index is 1050. The van der Waals surface area contributed by atoms with E-state index in [1.807, 2.05) is 6.07 Å². The molecule has 0 bridgehead atoms. The maximum atomic E-state index is 12.4. The van der Waals surface area contributed by atoms with Crippen LogP contribution < -0.4 is 16.4 Å². The lowest BCUT2D eigenvalue weighted by Crippen LogP contribution is -2.25. The fraction of sp³-hybridized carbons (Fsp3) is 0.211. The molecule has 0 saturated carbocycles. The lowest BCUT2D eigenvalue weighted by Gasteiger charge is -2.06. The molecule has 0 aliphatic carbocycles. The normalized spacial score (nSPS) is 10.6. The summed E-state index contributed by atoms with van der Waals surface area (Å²) in [6.07, 6.45) is 1.79. The van der Waals surface area contributed by atoms with E-state index in [0.29, 0.717) is 21.9 Å². The number of thiophene rings is 1. The second-order valence-corrected chi connectivity index (χ2v) is 7.25. The van der Waals surface area contributed by atoms with Gasteiger partial charge in [-0.1, -0.05) is 0 Å². The Morgan fingerprint density at radius 1 is 1.18 bits per heavy atom. The number of fused-ring (bicyclic) bond motifs is 1. The molecule has 0 fully saturated rings. The molecule has 0 radical (unpaired) electrons. The van der Waals surface area contributed by atoms with Crippen LogP contribution in [0.15, 0.2) is 36.5 Å². The number of benzene rings is 1. The Hall–Kier alpha value is -3.33. The molecule has 8 nitrogen and oxygen atoms in total.